The van der Waals surface area contributed by atoms with Gasteiger partial charge in [0.25, 0.3) is 0 Å². The van der Waals surface area contributed by atoms with E-state index in [1.165, 1.54) is 10.8 Å². The zero-order valence-corrected chi connectivity index (χ0v) is 6.07. The average Bonchev–Trinajstić information content (AvgIpc) is 2.34. The van der Waals surface area contributed by atoms with Gasteiger partial charge in [-0.05, 0) is 10.4 Å². The van der Waals surface area contributed by atoms with E-state index < -0.39 is 6.17 Å². The first kappa shape index (κ1) is 7.23. The molecule has 1 rings (SSSR count). The largest absolute Gasteiger partial charge is 0.306 e. The quantitative estimate of drug-likeness (QED) is 0.453. The van der Waals surface area contributed by atoms with Crippen LogP contribution in [-0.4, -0.2) is 20.2 Å². The summed E-state index contributed by atoms with van der Waals surface area (Å²) in [6.45, 7) is 3.48. The lowest BCUT2D eigenvalue weighted by molar-refractivity contribution is 0.500. The third kappa shape index (κ3) is 1.17. The lowest BCUT2D eigenvalue weighted by atomic mass is 10.5. The van der Waals surface area contributed by atoms with Gasteiger partial charge >= 0.3 is 0 Å². The van der Waals surface area contributed by atoms with Gasteiger partial charge in [-0.1, -0.05) is 12.7 Å². The van der Waals surface area contributed by atoms with E-state index >= 15 is 0 Å². The number of aromatic nitrogens is 4. The Morgan fingerprint density at radius 3 is 2.90 bits per heavy atom. The van der Waals surface area contributed by atoms with Gasteiger partial charge in [0, 0.05) is 0 Å². The smallest absolute Gasteiger partial charge is 0.208 e. The summed E-state index contributed by atoms with van der Waals surface area (Å²) in [6.07, 6.45) is 1.12. The second-order valence-corrected chi connectivity index (χ2v) is 2.05. The van der Waals surface area contributed by atoms with Crippen molar-refractivity contribution in [2.45, 2.75) is 11.3 Å². The number of rotatable bonds is 2. The van der Waals surface area contributed by atoms with Crippen molar-refractivity contribution in [1.29, 1.82) is 0 Å². The highest BCUT2D eigenvalue weighted by molar-refractivity contribution is 7.80. The maximum atomic E-state index is 5.49. The first-order valence-electron chi connectivity index (χ1n) is 2.60. The molecule has 0 fully saturated rings. The highest BCUT2D eigenvalue weighted by atomic mass is 32.1. The highest BCUT2D eigenvalue weighted by Gasteiger charge is 2.04. The fourth-order valence-electron chi connectivity index (χ4n) is 0.482. The molecule has 10 heavy (non-hydrogen) atoms. The van der Waals surface area contributed by atoms with Crippen molar-refractivity contribution in [2.24, 2.45) is 5.73 Å². The van der Waals surface area contributed by atoms with Crippen LogP contribution in [0.25, 0.3) is 0 Å². The molecule has 54 valence electrons. The molecule has 0 aromatic carbocycles. The molecule has 0 saturated carbocycles. The summed E-state index contributed by atoms with van der Waals surface area (Å²) in [4.78, 5) is 0. The van der Waals surface area contributed by atoms with E-state index in [9.17, 15) is 0 Å². The van der Waals surface area contributed by atoms with Crippen LogP contribution >= 0.6 is 12.6 Å². The lowest BCUT2D eigenvalue weighted by Crippen LogP contribution is -2.17. The van der Waals surface area contributed by atoms with Gasteiger partial charge < -0.3 is 5.73 Å². The molecule has 1 aromatic heterocycles. The minimum Gasteiger partial charge on any atom is -0.306 e. The van der Waals surface area contributed by atoms with Crippen LogP contribution in [0.2, 0.25) is 0 Å². The van der Waals surface area contributed by atoms with Crippen LogP contribution in [0, 0.1) is 0 Å². The second kappa shape index (κ2) is 2.80. The predicted molar refractivity (Wildman–Crippen MR) is 38.5 cm³/mol. The van der Waals surface area contributed by atoms with Gasteiger partial charge in [0.15, 0.2) is 0 Å². The van der Waals surface area contributed by atoms with Crippen molar-refractivity contribution in [2.75, 3.05) is 0 Å². The SMILES string of the molecule is C=CC(N)n1nnnc1S. The minimum absolute atomic E-state index is 0.382. The molecular weight excluding hydrogens is 150 g/mol. The molecule has 0 radical (unpaired) electrons. The van der Waals surface area contributed by atoms with Crippen LogP contribution in [-0.2, 0) is 0 Å². The van der Waals surface area contributed by atoms with E-state index in [2.05, 4.69) is 34.7 Å². The third-order valence-corrected chi connectivity index (χ3v) is 1.29. The van der Waals surface area contributed by atoms with Crippen LogP contribution in [0.15, 0.2) is 17.8 Å². The molecule has 1 heterocycles. The van der Waals surface area contributed by atoms with Gasteiger partial charge in [-0.3, -0.25) is 0 Å². The summed E-state index contributed by atoms with van der Waals surface area (Å²) in [7, 11) is 0. The van der Waals surface area contributed by atoms with E-state index in [4.69, 9.17) is 5.73 Å². The zero-order chi connectivity index (χ0) is 7.56. The third-order valence-electron chi connectivity index (χ3n) is 0.999. The Kier molecular flexibility index (Phi) is 2.03. The molecule has 1 atom stereocenters. The molecule has 0 bridgehead atoms. The topological polar surface area (TPSA) is 69.6 Å². The van der Waals surface area contributed by atoms with Gasteiger partial charge in [0.1, 0.15) is 6.17 Å². The van der Waals surface area contributed by atoms with E-state index in [0.29, 0.717) is 5.16 Å². The monoisotopic (exact) mass is 157 g/mol. The second-order valence-electron chi connectivity index (χ2n) is 1.65. The first-order valence-corrected chi connectivity index (χ1v) is 3.05. The zero-order valence-electron chi connectivity index (χ0n) is 5.18. The van der Waals surface area contributed by atoms with E-state index in [-0.39, 0.29) is 0 Å². The Bertz CT molecular complexity index is 231. The summed E-state index contributed by atoms with van der Waals surface area (Å²) in [6, 6.07) is 0. The number of tetrazole rings is 1. The van der Waals surface area contributed by atoms with Gasteiger partial charge in [-0.25, -0.2) is 0 Å². The van der Waals surface area contributed by atoms with E-state index in [1.54, 1.807) is 0 Å². The van der Waals surface area contributed by atoms with Crippen LogP contribution in [0.5, 0.6) is 0 Å². The van der Waals surface area contributed by atoms with Gasteiger partial charge in [-0.15, -0.1) is 17.7 Å². The van der Waals surface area contributed by atoms with Gasteiger partial charge in [0.05, 0.1) is 0 Å². The average molecular weight is 157 g/mol. The van der Waals surface area contributed by atoms with Crippen LogP contribution in [0.4, 0.5) is 0 Å². The first-order chi connectivity index (χ1) is 4.75. The Morgan fingerprint density at radius 1 is 1.80 bits per heavy atom. The normalized spacial score (nSPS) is 13.0. The molecule has 2 N–H and O–H groups in total. The van der Waals surface area contributed by atoms with Crippen LogP contribution < -0.4 is 5.73 Å². The number of nitrogens with zero attached hydrogens (tertiary/aromatic N) is 4. The fourth-order valence-corrected chi connectivity index (χ4v) is 0.695. The maximum Gasteiger partial charge on any atom is 0.208 e. The fraction of sp³-hybridized carbons (Fsp3) is 0.250. The molecule has 6 heteroatoms. The van der Waals surface area contributed by atoms with E-state index in [1.807, 2.05) is 0 Å². The molecule has 0 spiro atoms. The molecule has 1 aromatic rings. The van der Waals surface area contributed by atoms with Gasteiger partial charge in [0.2, 0.25) is 5.16 Å². The number of thiol groups is 1. The predicted octanol–water partition coefficient (Wildman–Crippen LogP) is -0.395. The summed E-state index contributed by atoms with van der Waals surface area (Å²) in [5, 5.41) is 10.8. The van der Waals surface area contributed by atoms with Crippen molar-refractivity contribution in [3.05, 3.63) is 12.7 Å². The summed E-state index contributed by atoms with van der Waals surface area (Å²) in [5.74, 6) is 0. The van der Waals surface area contributed by atoms with Crippen molar-refractivity contribution < 1.29 is 0 Å². The van der Waals surface area contributed by atoms with Crippen LogP contribution in [0.3, 0.4) is 0 Å². The molecule has 0 aliphatic carbocycles. The van der Waals surface area contributed by atoms with Crippen molar-refractivity contribution >= 4 is 12.6 Å². The number of nitrogens with two attached hydrogens (primary N) is 1. The highest BCUT2D eigenvalue weighted by Crippen LogP contribution is 2.03. The van der Waals surface area contributed by atoms with Crippen molar-refractivity contribution in [3.63, 3.8) is 0 Å². The molecule has 0 aliphatic rings. The maximum absolute atomic E-state index is 5.49. The van der Waals surface area contributed by atoms with Crippen LogP contribution in [0.1, 0.15) is 6.17 Å². The molecule has 5 nitrogen and oxygen atoms in total. The van der Waals surface area contributed by atoms with E-state index in [0.717, 1.165) is 0 Å². The number of hydrogen-bond donors (Lipinski definition) is 2. The standard InChI is InChI=1S/C4H7N5S/c1-2-3(5)9-4(10)6-7-8-9/h2-3H,1,5H2,(H,6,8,10). The minimum atomic E-state index is -0.400. The van der Waals surface area contributed by atoms with Crippen molar-refractivity contribution in [3.8, 4) is 0 Å². The lowest BCUT2D eigenvalue weighted by Gasteiger charge is -2.03. The summed E-state index contributed by atoms with van der Waals surface area (Å²) >= 11 is 3.94. The molecule has 0 amide bonds. The Morgan fingerprint density at radius 2 is 2.50 bits per heavy atom. The Hall–Kier alpha value is -0.880. The summed E-state index contributed by atoms with van der Waals surface area (Å²) < 4.78 is 1.36. The Labute approximate surface area is 63.3 Å². The van der Waals surface area contributed by atoms with Gasteiger partial charge in [-0.2, -0.15) is 4.68 Å². The summed E-state index contributed by atoms with van der Waals surface area (Å²) in [5.41, 5.74) is 5.49. The molecular formula is C4H7N5S. The number of hydrogen-bond acceptors (Lipinski definition) is 5. The molecule has 0 aliphatic heterocycles. The van der Waals surface area contributed by atoms with Crippen molar-refractivity contribution in [1.82, 2.24) is 20.2 Å². The molecule has 1 unspecified atom stereocenters. The molecule has 0 saturated heterocycles. The Balaban J connectivity index is 2.92.